The van der Waals surface area contributed by atoms with E-state index < -0.39 is 21.9 Å². The molecule has 1 atom stereocenters. The molecule has 8 heteroatoms. The van der Waals surface area contributed by atoms with E-state index in [-0.39, 0.29) is 31.1 Å². The van der Waals surface area contributed by atoms with Crippen molar-refractivity contribution >= 4 is 22.0 Å². The molecular formula is C13H23NO6S. The van der Waals surface area contributed by atoms with Gasteiger partial charge in [-0.2, -0.15) is 0 Å². The summed E-state index contributed by atoms with van der Waals surface area (Å²) in [7, 11) is -2.18. The van der Waals surface area contributed by atoms with Crippen LogP contribution in [0, 0.1) is 5.92 Å². The van der Waals surface area contributed by atoms with Crippen LogP contribution in [0.3, 0.4) is 0 Å². The number of hydrogen-bond donors (Lipinski definition) is 0. The van der Waals surface area contributed by atoms with Crippen molar-refractivity contribution in [1.29, 1.82) is 0 Å². The number of esters is 2. The van der Waals surface area contributed by atoms with Gasteiger partial charge in [0.1, 0.15) is 0 Å². The van der Waals surface area contributed by atoms with Crippen molar-refractivity contribution < 1.29 is 27.5 Å². The van der Waals surface area contributed by atoms with Crippen LogP contribution in [0.4, 0.5) is 0 Å². The molecule has 0 aliphatic carbocycles. The van der Waals surface area contributed by atoms with E-state index in [2.05, 4.69) is 4.74 Å². The molecule has 0 aromatic rings. The molecule has 0 aromatic heterocycles. The van der Waals surface area contributed by atoms with Crippen LogP contribution in [-0.4, -0.2) is 57.2 Å². The van der Waals surface area contributed by atoms with Crippen LogP contribution < -0.4 is 0 Å². The third kappa shape index (κ3) is 5.62. The van der Waals surface area contributed by atoms with Crippen LogP contribution in [0.25, 0.3) is 0 Å². The van der Waals surface area contributed by atoms with E-state index in [1.165, 1.54) is 11.4 Å². The second-order valence-corrected chi connectivity index (χ2v) is 7.03. The summed E-state index contributed by atoms with van der Waals surface area (Å²) in [6.07, 6.45) is 1.58. The molecule has 0 bridgehead atoms. The number of carbonyl (C=O) groups is 2. The minimum atomic E-state index is -3.45. The van der Waals surface area contributed by atoms with Gasteiger partial charge in [-0.25, -0.2) is 12.7 Å². The lowest BCUT2D eigenvalue weighted by Gasteiger charge is -2.30. The van der Waals surface area contributed by atoms with Gasteiger partial charge in [0.05, 0.1) is 25.4 Å². The van der Waals surface area contributed by atoms with E-state index in [0.29, 0.717) is 26.0 Å². The van der Waals surface area contributed by atoms with Gasteiger partial charge in [0, 0.05) is 19.5 Å². The Labute approximate surface area is 125 Å². The average Bonchev–Trinajstić information content (AvgIpc) is 2.47. The lowest BCUT2D eigenvalue weighted by Crippen LogP contribution is -2.43. The first kappa shape index (κ1) is 17.9. The van der Waals surface area contributed by atoms with E-state index in [1.54, 1.807) is 6.92 Å². The number of nitrogens with zero attached hydrogens (tertiary/aromatic N) is 1. The summed E-state index contributed by atoms with van der Waals surface area (Å²) in [4.78, 5) is 22.7. The molecule has 0 spiro atoms. The molecule has 7 nitrogen and oxygen atoms in total. The molecule has 1 aliphatic rings. The van der Waals surface area contributed by atoms with Gasteiger partial charge in [-0.1, -0.05) is 0 Å². The lowest BCUT2D eigenvalue weighted by molar-refractivity contribution is -0.149. The van der Waals surface area contributed by atoms with Crippen LogP contribution in [-0.2, 0) is 29.1 Å². The predicted octanol–water partition coefficient (Wildman–Crippen LogP) is 0.544. The summed E-state index contributed by atoms with van der Waals surface area (Å²) >= 11 is 0. The van der Waals surface area contributed by atoms with Crippen molar-refractivity contribution in [2.75, 3.05) is 32.6 Å². The Balaban J connectivity index is 2.53. The zero-order valence-electron chi connectivity index (χ0n) is 12.5. The van der Waals surface area contributed by atoms with Gasteiger partial charge in [-0.05, 0) is 26.2 Å². The van der Waals surface area contributed by atoms with Gasteiger partial charge in [-0.3, -0.25) is 9.59 Å². The number of carbonyl (C=O) groups excluding carboxylic acids is 2. The standard InChI is InChI=1S/C13H23NO6S/c1-3-20-13(16)11-6-4-8-14(10-11)21(17,18)9-5-7-12(15)19-2/h11H,3-10H2,1-2H3/t11-/m1/s1. The molecule has 0 N–H and O–H groups in total. The summed E-state index contributed by atoms with van der Waals surface area (Å²) in [6.45, 7) is 2.60. The van der Waals surface area contributed by atoms with Crippen LogP contribution in [0.2, 0.25) is 0 Å². The predicted molar refractivity (Wildman–Crippen MR) is 76.0 cm³/mol. The Morgan fingerprint density at radius 2 is 2.05 bits per heavy atom. The Kier molecular flexibility index (Phi) is 7.10. The second-order valence-electron chi connectivity index (χ2n) is 4.94. The Morgan fingerprint density at radius 3 is 2.67 bits per heavy atom. The molecule has 21 heavy (non-hydrogen) atoms. The van der Waals surface area contributed by atoms with Crippen molar-refractivity contribution in [1.82, 2.24) is 4.31 Å². The van der Waals surface area contributed by atoms with Crippen molar-refractivity contribution in [2.45, 2.75) is 32.6 Å². The molecule has 0 unspecified atom stereocenters. The first-order chi connectivity index (χ1) is 9.90. The van der Waals surface area contributed by atoms with Gasteiger partial charge in [-0.15, -0.1) is 0 Å². The molecule has 0 saturated carbocycles. The minimum Gasteiger partial charge on any atom is -0.469 e. The summed E-state index contributed by atoms with van der Waals surface area (Å²) in [5.74, 6) is -1.27. The zero-order chi connectivity index (χ0) is 15.9. The van der Waals surface area contributed by atoms with E-state index >= 15 is 0 Å². The summed E-state index contributed by atoms with van der Waals surface area (Å²) in [6, 6.07) is 0. The maximum atomic E-state index is 12.2. The number of rotatable bonds is 7. The molecule has 1 saturated heterocycles. The molecular weight excluding hydrogens is 298 g/mol. The number of piperidine rings is 1. The first-order valence-electron chi connectivity index (χ1n) is 7.12. The van der Waals surface area contributed by atoms with Crippen LogP contribution in [0.1, 0.15) is 32.6 Å². The molecule has 0 radical (unpaired) electrons. The van der Waals surface area contributed by atoms with Crippen molar-refractivity contribution in [3.8, 4) is 0 Å². The first-order valence-corrected chi connectivity index (χ1v) is 8.73. The molecule has 0 aromatic carbocycles. The summed E-state index contributed by atoms with van der Waals surface area (Å²) < 4.78 is 35.2. The number of ether oxygens (including phenoxy) is 2. The molecule has 1 fully saturated rings. The fraction of sp³-hybridized carbons (Fsp3) is 0.846. The second kappa shape index (κ2) is 8.33. The quantitative estimate of drug-likeness (QED) is 0.636. The van der Waals surface area contributed by atoms with Gasteiger partial charge in [0.2, 0.25) is 10.0 Å². The van der Waals surface area contributed by atoms with Gasteiger partial charge in [0.25, 0.3) is 0 Å². The molecule has 1 aliphatic heterocycles. The highest BCUT2D eigenvalue weighted by atomic mass is 32.2. The largest absolute Gasteiger partial charge is 0.469 e. The molecule has 122 valence electrons. The summed E-state index contributed by atoms with van der Waals surface area (Å²) in [5, 5.41) is 0. The van der Waals surface area contributed by atoms with Crippen LogP contribution in [0.5, 0.6) is 0 Å². The summed E-state index contributed by atoms with van der Waals surface area (Å²) in [5.41, 5.74) is 0. The Hall–Kier alpha value is -1.15. The maximum absolute atomic E-state index is 12.2. The van der Waals surface area contributed by atoms with Gasteiger partial charge < -0.3 is 9.47 Å². The average molecular weight is 321 g/mol. The topological polar surface area (TPSA) is 90.0 Å². The maximum Gasteiger partial charge on any atom is 0.310 e. The smallest absolute Gasteiger partial charge is 0.310 e. The van der Waals surface area contributed by atoms with Crippen molar-refractivity contribution in [2.24, 2.45) is 5.92 Å². The molecule has 0 amide bonds. The SMILES string of the molecule is CCOC(=O)[C@@H]1CCCN(S(=O)(=O)CCCC(=O)OC)C1. The Morgan fingerprint density at radius 1 is 1.33 bits per heavy atom. The van der Waals surface area contributed by atoms with E-state index in [9.17, 15) is 18.0 Å². The lowest BCUT2D eigenvalue weighted by atomic mass is 10.0. The van der Waals surface area contributed by atoms with Gasteiger partial charge >= 0.3 is 11.9 Å². The fourth-order valence-corrected chi connectivity index (χ4v) is 3.86. The van der Waals surface area contributed by atoms with Gasteiger partial charge in [0.15, 0.2) is 0 Å². The Bertz CT molecular complexity index is 461. The van der Waals surface area contributed by atoms with Crippen molar-refractivity contribution in [3.05, 3.63) is 0 Å². The highest BCUT2D eigenvalue weighted by Crippen LogP contribution is 2.21. The highest BCUT2D eigenvalue weighted by Gasteiger charge is 2.32. The van der Waals surface area contributed by atoms with Crippen LogP contribution in [0.15, 0.2) is 0 Å². The van der Waals surface area contributed by atoms with Crippen molar-refractivity contribution in [3.63, 3.8) is 0 Å². The fourth-order valence-electron chi connectivity index (χ4n) is 2.28. The van der Waals surface area contributed by atoms with E-state index in [0.717, 1.165) is 0 Å². The van der Waals surface area contributed by atoms with Crippen LogP contribution >= 0.6 is 0 Å². The van der Waals surface area contributed by atoms with E-state index in [4.69, 9.17) is 4.74 Å². The normalized spacial score (nSPS) is 20.0. The molecule has 1 heterocycles. The molecule has 1 rings (SSSR count). The minimum absolute atomic E-state index is 0.0743. The van der Waals surface area contributed by atoms with E-state index in [1.807, 2.05) is 0 Å². The zero-order valence-corrected chi connectivity index (χ0v) is 13.4. The number of hydrogen-bond acceptors (Lipinski definition) is 6. The monoisotopic (exact) mass is 321 g/mol. The third-order valence-electron chi connectivity index (χ3n) is 3.41. The third-order valence-corrected chi connectivity index (χ3v) is 5.33. The number of sulfonamides is 1. The number of methoxy groups -OCH3 is 1. The highest BCUT2D eigenvalue weighted by molar-refractivity contribution is 7.89.